The van der Waals surface area contributed by atoms with Crippen LogP contribution >= 0.6 is 0 Å². The summed E-state index contributed by atoms with van der Waals surface area (Å²) in [4.78, 5) is 23.5. The summed E-state index contributed by atoms with van der Waals surface area (Å²) in [6, 6.07) is 17.9. The number of nitriles is 1. The lowest BCUT2D eigenvalue weighted by Crippen LogP contribution is -2.27. The Bertz CT molecular complexity index is 688. The van der Waals surface area contributed by atoms with Gasteiger partial charge in [-0.25, -0.2) is 0 Å². The lowest BCUT2D eigenvalue weighted by Gasteiger charge is -2.07. The topological polar surface area (TPSA) is 82.0 Å². The van der Waals surface area contributed by atoms with E-state index in [1.54, 1.807) is 24.3 Å². The van der Waals surface area contributed by atoms with Crippen LogP contribution in [0.4, 0.5) is 5.69 Å². The second-order valence-electron chi connectivity index (χ2n) is 4.68. The second kappa shape index (κ2) is 7.60. The molecule has 0 aliphatic heterocycles. The molecule has 22 heavy (non-hydrogen) atoms. The first-order valence-corrected chi connectivity index (χ1v) is 6.78. The molecule has 0 atom stereocenters. The van der Waals surface area contributed by atoms with Gasteiger partial charge in [-0.15, -0.1) is 0 Å². The maximum absolute atomic E-state index is 11.8. The fraction of sp³-hybridized carbons (Fsp3) is 0.118. The average Bonchev–Trinajstić information content (AvgIpc) is 2.54. The first kappa shape index (κ1) is 15.3. The van der Waals surface area contributed by atoms with Crippen molar-refractivity contribution in [2.45, 2.75) is 13.0 Å². The number of carbonyl (C=O) groups is 2. The number of amides is 2. The molecule has 0 fully saturated rings. The number of benzene rings is 2. The van der Waals surface area contributed by atoms with Gasteiger partial charge in [-0.05, 0) is 29.8 Å². The quantitative estimate of drug-likeness (QED) is 0.829. The summed E-state index contributed by atoms with van der Waals surface area (Å²) in [5.74, 6) is -0.731. The summed E-state index contributed by atoms with van der Waals surface area (Å²) >= 11 is 0. The molecule has 110 valence electrons. The number of rotatable bonds is 5. The lowest BCUT2D eigenvalue weighted by molar-refractivity contribution is -0.126. The molecule has 0 aliphatic carbocycles. The zero-order chi connectivity index (χ0) is 15.8. The molecule has 0 bridgehead atoms. The van der Waals surface area contributed by atoms with Crippen molar-refractivity contribution in [3.05, 3.63) is 65.7 Å². The van der Waals surface area contributed by atoms with Gasteiger partial charge < -0.3 is 10.6 Å². The van der Waals surface area contributed by atoms with Crippen LogP contribution < -0.4 is 10.6 Å². The van der Waals surface area contributed by atoms with Gasteiger partial charge in [0.05, 0.1) is 11.6 Å². The van der Waals surface area contributed by atoms with Gasteiger partial charge >= 0.3 is 0 Å². The van der Waals surface area contributed by atoms with Crippen LogP contribution in [0, 0.1) is 11.3 Å². The van der Waals surface area contributed by atoms with E-state index in [4.69, 9.17) is 5.26 Å². The Hall–Kier alpha value is -3.13. The smallest absolute Gasteiger partial charge is 0.233 e. The highest BCUT2D eigenvalue weighted by Crippen LogP contribution is 2.09. The lowest BCUT2D eigenvalue weighted by atomic mass is 10.2. The summed E-state index contributed by atoms with van der Waals surface area (Å²) in [5.41, 5.74) is 2.04. The van der Waals surface area contributed by atoms with Crippen LogP contribution in [0.1, 0.15) is 17.5 Å². The molecule has 0 aliphatic rings. The van der Waals surface area contributed by atoms with Gasteiger partial charge in [0.25, 0.3) is 0 Å². The number of anilines is 1. The van der Waals surface area contributed by atoms with E-state index in [9.17, 15) is 9.59 Å². The van der Waals surface area contributed by atoms with Crippen LogP contribution in [0.5, 0.6) is 0 Å². The molecule has 0 aromatic heterocycles. The first-order chi connectivity index (χ1) is 10.7. The highest BCUT2D eigenvalue weighted by Gasteiger charge is 2.09. The summed E-state index contributed by atoms with van der Waals surface area (Å²) in [6.07, 6.45) is -0.243. The molecule has 0 saturated heterocycles. The van der Waals surface area contributed by atoms with E-state index in [0.29, 0.717) is 17.8 Å². The van der Waals surface area contributed by atoms with E-state index >= 15 is 0 Å². The summed E-state index contributed by atoms with van der Waals surface area (Å²) < 4.78 is 0. The molecular weight excluding hydrogens is 278 g/mol. The molecule has 5 heteroatoms. The van der Waals surface area contributed by atoms with Gasteiger partial charge in [0.2, 0.25) is 11.8 Å². The Labute approximate surface area is 128 Å². The monoisotopic (exact) mass is 293 g/mol. The van der Waals surface area contributed by atoms with Crippen molar-refractivity contribution in [1.29, 1.82) is 5.26 Å². The molecule has 2 N–H and O–H groups in total. The van der Waals surface area contributed by atoms with E-state index in [0.717, 1.165) is 5.56 Å². The van der Waals surface area contributed by atoms with Crippen LogP contribution in [-0.2, 0) is 16.1 Å². The molecular formula is C17H15N3O2. The molecule has 2 rings (SSSR count). The van der Waals surface area contributed by atoms with Crippen LogP contribution in [0.3, 0.4) is 0 Å². The highest BCUT2D eigenvalue weighted by atomic mass is 16.2. The molecule has 0 saturated carbocycles. The van der Waals surface area contributed by atoms with Gasteiger partial charge in [0.1, 0.15) is 6.42 Å². The fourth-order valence-corrected chi connectivity index (χ4v) is 1.84. The number of nitrogens with one attached hydrogen (secondary N) is 2. The molecule has 0 spiro atoms. The number of hydrogen-bond donors (Lipinski definition) is 2. The van der Waals surface area contributed by atoms with Crippen molar-refractivity contribution in [3.63, 3.8) is 0 Å². The Balaban J connectivity index is 1.78. The van der Waals surface area contributed by atoms with Crippen LogP contribution in [0.15, 0.2) is 54.6 Å². The second-order valence-corrected chi connectivity index (χ2v) is 4.68. The predicted molar refractivity (Wildman–Crippen MR) is 82.7 cm³/mol. The third-order valence-corrected chi connectivity index (χ3v) is 2.95. The summed E-state index contributed by atoms with van der Waals surface area (Å²) in [7, 11) is 0. The highest BCUT2D eigenvalue weighted by molar-refractivity contribution is 6.03. The minimum Gasteiger partial charge on any atom is -0.352 e. The number of carbonyl (C=O) groups excluding carboxylic acids is 2. The molecule has 0 radical (unpaired) electrons. The fourth-order valence-electron chi connectivity index (χ4n) is 1.84. The zero-order valence-electron chi connectivity index (χ0n) is 11.9. The van der Waals surface area contributed by atoms with Crippen LogP contribution in [-0.4, -0.2) is 11.8 Å². The zero-order valence-corrected chi connectivity index (χ0v) is 11.9. The standard InChI is InChI=1S/C17H15N3O2/c18-11-13-6-8-15(9-7-13)20-17(22)10-16(21)19-12-14-4-2-1-3-5-14/h1-9H,10,12H2,(H,19,21)(H,20,22). The van der Waals surface area contributed by atoms with Crippen LogP contribution in [0.25, 0.3) is 0 Å². The summed E-state index contributed by atoms with van der Waals surface area (Å²) in [6.45, 7) is 0.393. The van der Waals surface area contributed by atoms with Gasteiger partial charge in [-0.1, -0.05) is 30.3 Å². The number of hydrogen-bond acceptors (Lipinski definition) is 3. The molecule has 0 unspecified atom stereocenters. The molecule has 5 nitrogen and oxygen atoms in total. The Kier molecular flexibility index (Phi) is 5.27. The van der Waals surface area contributed by atoms with Crippen molar-refractivity contribution in [2.24, 2.45) is 0 Å². The van der Waals surface area contributed by atoms with Gasteiger partial charge in [0.15, 0.2) is 0 Å². The van der Waals surface area contributed by atoms with E-state index in [2.05, 4.69) is 10.6 Å². The van der Waals surface area contributed by atoms with Gasteiger partial charge in [-0.2, -0.15) is 5.26 Å². The van der Waals surface area contributed by atoms with Gasteiger partial charge in [0, 0.05) is 12.2 Å². The predicted octanol–water partition coefficient (Wildman–Crippen LogP) is 2.20. The minimum absolute atomic E-state index is 0.243. The minimum atomic E-state index is -0.393. The normalized spacial score (nSPS) is 9.59. The van der Waals surface area contributed by atoms with Crippen molar-refractivity contribution < 1.29 is 9.59 Å². The van der Waals surface area contributed by atoms with Crippen molar-refractivity contribution in [3.8, 4) is 6.07 Å². The third kappa shape index (κ3) is 4.76. The van der Waals surface area contributed by atoms with E-state index < -0.39 is 5.91 Å². The molecule has 2 aromatic carbocycles. The van der Waals surface area contributed by atoms with Crippen LogP contribution in [0.2, 0.25) is 0 Å². The Morgan fingerprint density at radius 2 is 1.64 bits per heavy atom. The van der Waals surface area contributed by atoms with Gasteiger partial charge in [-0.3, -0.25) is 9.59 Å². The van der Waals surface area contributed by atoms with E-state index in [1.165, 1.54) is 0 Å². The largest absolute Gasteiger partial charge is 0.352 e. The third-order valence-electron chi connectivity index (χ3n) is 2.95. The Morgan fingerprint density at radius 1 is 0.955 bits per heavy atom. The maximum Gasteiger partial charge on any atom is 0.233 e. The maximum atomic E-state index is 11.8. The average molecular weight is 293 g/mol. The SMILES string of the molecule is N#Cc1ccc(NC(=O)CC(=O)NCc2ccccc2)cc1. The summed E-state index contributed by atoms with van der Waals surface area (Å²) in [5, 5.41) is 14.0. The van der Waals surface area contributed by atoms with Crippen molar-refractivity contribution in [2.75, 3.05) is 5.32 Å². The number of nitrogens with zero attached hydrogens (tertiary/aromatic N) is 1. The van der Waals surface area contributed by atoms with E-state index in [1.807, 2.05) is 36.4 Å². The first-order valence-electron chi connectivity index (χ1n) is 6.78. The molecule has 0 heterocycles. The van der Waals surface area contributed by atoms with E-state index in [-0.39, 0.29) is 12.3 Å². The van der Waals surface area contributed by atoms with Crippen molar-refractivity contribution in [1.82, 2.24) is 5.32 Å². The molecule has 2 amide bonds. The Morgan fingerprint density at radius 3 is 2.27 bits per heavy atom. The molecule has 2 aromatic rings. The van der Waals surface area contributed by atoms with Crippen molar-refractivity contribution >= 4 is 17.5 Å².